The zero-order chi connectivity index (χ0) is 12.4. The van der Waals surface area contributed by atoms with Crippen LogP contribution in [0.3, 0.4) is 0 Å². The van der Waals surface area contributed by atoms with Gasteiger partial charge in [0.05, 0.1) is 13.1 Å². The second-order valence-corrected chi connectivity index (χ2v) is 3.26. The summed E-state index contributed by atoms with van der Waals surface area (Å²) in [6.07, 6.45) is 1.67. The third kappa shape index (κ3) is 6.19. The predicted octanol–water partition coefficient (Wildman–Crippen LogP) is -0.253. The molecule has 2 N–H and O–H groups in total. The van der Waals surface area contributed by atoms with Crippen molar-refractivity contribution in [1.82, 2.24) is 15.5 Å². The quantitative estimate of drug-likeness (QED) is 0.444. The van der Waals surface area contributed by atoms with E-state index in [4.69, 9.17) is 0 Å². The second kappa shape index (κ2) is 8.91. The van der Waals surface area contributed by atoms with Gasteiger partial charge in [-0.05, 0) is 13.8 Å². The van der Waals surface area contributed by atoms with E-state index in [0.29, 0.717) is 19.6 Å². The van der Waals surface area contributed by atoms with Crippen molar-refractivity contribution >= 4 is 11.8 Å². The fourth-order valence-corrected chi connectivity index (χ4v) is 1.21. The molecule has 0 aromatic carbocycles. The van der Waals surface area contributed by atoms with Crippen LogP contribution in [0, 0.1) is 0 Å². The maximum Gasteiger partial charge on any atom is 0.241 e. The molecule has 0 aromatic heterocycles. The first-order valence-electron chi connectivity index (χ1n) is 5.51. The molecule has 5 nitrogen and oxygen atoms in total. The summed E-state index contributed by atoms with van der Waals surface area (Å²) in [6, 6.07) is 0. The molecule has 0 aliphatic carbocycles. The SMILES string of the molecule is C=CCNCC(=O)NCC(=O)N(CC)CC. The largest absolute Gasteiger partial charge is 0.346 e. The molecule has 5 heteroatoms. The van der Waals surface area contributed by atoms with Gasteiger partial charge in [-0.25, -0.2) is 0 Å². The van der Waals surface area contributed by atoms with Crippen LogP contribution >= 0.6 is 0 Å². The molecule has 0 fully saturated rings. The Morgan fingerprint density at radius 2 is 1.88 bits per heavy atom. The average Bonchev–Trinajstić information content (AvgIpc) is 2.28. The lowest BCUT2D eigenvalue weighted by molar-refractivity contribution is -0.132. The number of carbonyl (C=O) groups excluding carboxylic acids is 2. The van der Waals surface area contributed by atoms with Crippen molar-refractivity contribution in [3.05, 3.63) is 12.7 Å². The van der Waals surface area contributed by atoms with Gasteiger partial charge in [0.2, 0.25) is 11.8 Å². The lowest BCUT2D eigenvalue weighted by Crippen LogP contribution is -2.42. The van der Waals surface area contributed by atoms with Gasteiger partial charge in [-0.2, -0.15) is 0 Å². The Hall–Kier alpha value is -1.36. The van der Waals surface area contributed by atoms with Gasteiger partial charge in [0.1, 0.15) is 0 Å². The normalized spacial score (nSPS) is 9.62. The predicted molar refractivity (Wildman–Crippen MR) is 64.0 cm³/mol. The molecule has 0 bridgehead atoms. The minimum atomic E-state index is -0.178. The minimum Gasteiger partial charge on any atom is -0.346 e. The molecule has 2 amide bonds. The molecule has 0 saturated heterocycles. The van der Waals surface area contributed by atoms with E-state index in [0.717, 1.165) is 0 Å². The van der Waals surface area contributed by atoms with E-state index in [-0.39, 0.29) is 24.9 Å². The van der Waals surface area contributed by atoms with Crippen LogP contribution in [-0.4, -0.2) is 49.4 Å². The number of rotatable bonds is 8. The standard InChI is InChI=1S/C11H21N3O2/c1-4-7-12-8-10(15)13-9-11(16)14(5-2)6-3/h4,12H,1,5-9H2,2-3H3,(H,13,15). The van der Waals surface area contributed by atoms with Crippen molar-refractivity contribution in [2.24, 2.45) is 0 Å². The third-order valence-corrected chi connectivity index (χ3v) is 2.13. The van der Waals surface area contributed by atoms with E-state index in [9.17, 15) is 9.59 Å². The molecule has 16 heavy (non-hydrogen) atoms. The molecule has 0 saturated carbocycles. The highest BCUT2D eigenvalue weighted by atomic mass is 16.2. The van der Waals surface area contributed by atoms with Gasteiger partial charge in [-0.3, -0.25) is 9.59 Å². The van der Waals surface area contributed by atoms with Gasteiger partial charge in [0, 0.05) is 19.6 Å². The van der Waals surface area contributed by atoms with E-state index in [1.54, 1.807) is 11.0 Å². The highest BCUT2D eigenvalue weighted by Gasteiger charge is 2.10. The summed E-state index contributed by atoms with van der Waals surface area (Å²) >= 11 is 0. The Kier molecular flexibility index (Phi) is 8.15. The van der Waals surface area contributed by atoms with Gasteiger partial charge in [0.15, 0.2) is 0 Å². The van der Waals surface area contributed by atoms with Gasteiger partial charge in [0.25, 0.3) is 0 Å². The first-order valence-corrected chi connectivity index (χ1v) is 5.51. The van der Waals surface area contributed by atoms with Gasteiger partial charge >= 0.3 is 0 Å². The first kappa shape index (κ1) is 14.6. The zero-order valence-corrected chi connectivity index (χ0v) is 10.1. The summed E-state index contributed by atoms with van der Waals surface area (Å²) in [4.78, 5) is 24.4. The first-order chi connectivity index (χ1) is 7.65. The number of hydrogen-bond acceptors (Lipinski definition) is 3. The Balaban J connectivity index is 3.73. The number of nitrogens with zero attached hydrogens (tertiary/aromatic N) is 1. The van der Waals surface area contributed by atoms with Crippen LogP contribution in [0.5, 0.6) is 0 Å². The Morgan fingerprint density at radius 1 is 1.25 bits per heavy atom. The Morgan fingerprint density at radius 3 is 2.38 bits per heavy atom. The molecule has 0 radical (unpaired) electrons. The molecule has 0 aromatic rings. The topological polar surface area (TPSA) is 61.4 Å². The van der Waals surface area contributed by atoms with Crippen molar-refractivity contribution in [1.29, 1.82) is 0 Å². The smallest absolute Gasteiger partial charge is 0.241 e. The monoisotopic (exact) mass is 227 g/mol. The number of amides is 2. The molecule has 0 heterocycles. The highest BCUT2D eigenvalue weighted by Crippen LogP contribution is 1.86. The van der Waals surface area contributed by atoms with E-state index >= 15 is 0 Å². The van der Waals surface area contributed by atoms with E-state index in [1.807, 2.05) is 13.8 Å². The molecule has 0 unspecified atom stereocenters. The lowest BCUT2D eigenvalue weighted by atomic mass is 10.4. The third-order valence-electron chi connectivity index (χ3n) is 2.13. The van der Waals surface area contributed by atoms with Crippen LogP contribution in [0.2, 0.25) is 0 Å². The van der Waals surface area contributed by atoms with Gasteiger partial charge in [-0.1, -0.05) is 6.08 Å². The molecule has 0 atom stereocenters. The van der Waals surface area contributed by atoms with Gasteiger partial charge in [-0.15, -0.1) is 6.58 Å². The van der Waals surface area contributed by atoms with Crippen molar-refractivity contribution in [2.75, 3.05) is 32.7 Å². The van der Waals surface area contributed by atoms with Crippen LogP contribution in [0.25, 0.3) is 0 Å². The Labute approximate surface area is 96.9 Å². The van der Waals surface area contributed by atoms with Crippen LogP contribution in [0.1, 0.15) is 13.8 Å². The summed E-state index contributed by atoms with van der Waals surface area (Å²) in [5, 5.41) is 5.42. The van der Waals surface area contributed by atoms with Crippen LogP contribution < -0.4 is 10.6 Å². The molecule has 92 valence electrons. The van der Waals surface area contributed by atoms with E-state index in [2.05, 4.69) is 17.2 Å². The average molecular weight is 227 g/mol. The summed E-state index contributed by atoms with van der Waals surface area (Å²) < 4.78 is 0. The molecule has 0 rings (SSSR count). The van der Waals surface area contributed by atoms with Crippen LogP contribution in [0.15, 0.2) is 12.7 Å². The lowest BCUT2D eigenvalue weighted by Gasteiger charge is -2.18. The highest BCUT2D eigenvalue weighted by molar-refractivity contribution is 5.85. The summed E-state index contributed by atoms with van der Waals surface area (Å²) in [5.74, 6) is -0.232. The van der Waals surface area contributed by atoms with Crippen LogP contribution in [-0.2, 0) is 9.59 Å². The molecule has 0 spiro atoms. The van der Waals surface area contributed by atoms with Crippen molar-refractivity contribution in [3.63, 3.8) is 0 Å². The minimum absolute atomic E-state index is 0.0536. The number of nitrogens with one attached hydrogen (secondary N) is 2. The zero-order valence-electron chi connectivity index (χ0n) is 10.1. The van der Waals surface area contributed by atoms with Crippen molar-refractivity contribution in [2.45, 2.75) is 13.8 Å². The summed E-state index contributed by atoms with van der Waals surface area (Å²) in [5.41, 5.74) is 0. The van der Waals surface area contributed by atoms with E-state index < -0.39 is 0 Å². The molecular weight excluding hydrogens is 206 g/mol. The fraction of sp³-hybridized carbons (Fsp3) is 0.636. The van der Waals surface area contributed by atoms with Crippen molar-refractivity contribution < 1.29 is 9.59 Å². The summed E-state index contributed by atoms with van der Waals surface area (Å²) in [6.45, 7) is 9.53. The second-order valence-electron chi connectivity index (χ2n) is 3.26. The molecule has 0 aliphatic rings. The van der Waals surface area contributed by atoms with Crippen LogP contribution in [0.4, 0.5) is 0 Å². The summed E-state index contributed by atoms with van der Waals surface area (Å²) in [7, 11) is 0. The maximum absolute atomic E-state index is 11.5. The fourth-order valence-electron chi connectivity index (χ4n) is 1.21. The number of likely N-dealkylation sites (N-methyl/N-ethyl adjacent to an activating group) is 1. The van der Waals surface area contributed by atoms with Crippen molar-refractivity contribution in [3.8, 4) is 0 Å². The Bertz CT molecular complexity index is 237. The number of hydrogen-bond donors (Lipinski definition) is 2. The maximum atomic E-state index is 11.5. The number of carbonyl (C=O) groups is 2. The molecular formula is C11H21N3O2. The molecule has 0 aliphatic heterocycles. The van der Waals surface area contributed by atoms with E-state index in [1.165, 1.54) is 0 Å². The van der Waals surface area contributed by atoms with Gasteiger partial charge < -0.3 is 15.5 Å².